The number of carbonyl (C=O) groups excluding carboxylic acids is 1. The molecule has 26 heavy (non-hydrogen) atoms. The Balaban J connectivity index is 2.12. The van der Waals surface area contributed by atoms with Crippen LogP contribution in [0.25, 0.3) is 10.9 Å². The van der Waals surface area contributed by atoms with Gasteiger partial charge in [0, 0.05) is 17.1 Å². The summed E-state index contributed by atoms with van der Waals surface area (Å²) in [6.07, 6.45) is 5.31. The molecule has 0 saturated heterocycles. The highest BCUT2D eigenvalue weighted by molar-refractivity contribution is 5.93. The van der Waals surface area contributed by atoms with E-state index < -0.39 is 5.97 Å². The van der Waals surface area contributed by atoms with E-state index in [4.69, 9.17) is 4.74 Å². The fraction of sp³-hybridized carbons (Fsp3) is 0.273. The number of unbranched alkanes of at least 4 members (excludes halogenated alkanes) is 1. The minimum Gasteiger partial charge on any atom is -0.465 e. The third kappa shape index (κ3) is 3.69. The summed E-state index contributed by atoms with van der Waals surface area (Å²) in [6.45, 7) is 2.15. The van der Waals surface area contributed by atoms with Gasteiger partial charge in [-0.05, 0) is 48.1 Å². The van der Waals surface area contributed by atoms with Crippen molar-refractivity contribution in [3.63, 3.8) is 0 Å². The lowest BCUT2D eigenvalue weighted by Gasteiger charge is -2.12. The number of fused-ring (bicyclic) bond motifs is 1. The fourth-order valence-corrected chi connectivity index (χ4v) is 3.20. The van der Waals surface area contributed by atoms with Gasteiger partial charge in [-0.3, -0.25) is 4.79 Å². The number of aromatic amines is 1. The molecule has 2 aromatic carbocycles. The van der Waals surface area contributed by atoms with Crippen LogP contribution in [0, 0.1) is 0 Å². The summed E-state index contributed by atoms with van der Waals surface area (Å²) >= 11 is 0. The molecule has 0 unspecified atom stereocenters. The average molecular weight is 349 g/mol. The summed E-state index contributed by atoms with van der Waals surface area (Å²) in [4.78, 5) is 27.6. The van der Waals surface area contributed by atoms with E-state index in [1.54, 1.807) is 0 Å². The number of esters is 1. The number of hydrogen-bond donors (Lipinski definition) is 1. The summed E-state index contributed by atoms with van der Waals surface area (Å²) in [7, 11) is 1.28. The molecule has 3 aromatic rings. The van der Waals surface area contributed by atoms with Crippen molar-refractivity contribution in [2.24, 2.45) is 0 Å². The molecule has 4 nitrogen and oxygen atoms in total. The second-order valence-corrected chi connectivity index (χ2v) is 6.46. The van der Waals surface area contributed by atoms with Gasteiger partial charge >= 0.3 is 5.97 Å². The minimum absolute atomic E-state index is 0.0391. The third-order valence-corrected chi connectivity index (χ3v) is 4.64. The van der Waals surface area contributed by atoms with E-state index in [0.29, 0.717) is 5.39 Å². The molecule has 0 spiro atoms. The fourth-order valence-electron chi connectivity index (χ4n) is 3.20. The normalized spacial score (nSPS) is 10.8. The molecule has 4 heteroatoms. The van der Waals surface area contributed by atoms with E-state index in [2.05, 4.69) is 24.0 Å². The zero-order valence-electron chi connectivity index (χ0n) is 15.2. The predicted octanol–water partition coefficient (Wildman–Crippen LogP) is 4.25. The SMILES string of the molecule is CCCCc1cc2c(=O)c(C(=O)OC)c[nH]c2cc1Cc1ccccc1. The van der Waals surface area contributed by atoms with Gasteiger partial charge in [-0.25, -0.2) is 4.79 Å². The Kier molecular flexibility index (Phi) is 5.52. The Morgan fingerprint density at radius 2 is 1.88 bits per heavy atom. The van der Waals surface area contributed by atoms with E-state index in [0.717, 1.165) is 36.8 Å². The molecular formula is C22H23NO3. The molecule has 1 aromatic heterocycles. The second-order valence-electron chi connectivity index (χ2n) is 6.46. The molecule has 1 heterocycles. The lowest BCUT2D eigenvalue weighted by atomic mass is 9.94. The first-order valence-electron chi connectivity index (χ1n) is 8.93. The molecule has 0 fully saturated rings. The summed E-state index contributed by atoms with van der Waals surface area (Å²) in [5.41, 5.74) is 4.10. The molecule has 134 valence electrons. The highest BCUT2D eigenvalue weighted by Gasteiger charge is 2.15. The van der Waals surface area contributed by atoms with Crippen molar-refractivity contribution in [3.8, 4) is 0 Å². The number of rotatable bonds is 6. The van der Waals surface area contributed by atoms with E-state index in [1.165, 1.54) is 24.4 Å². The van der Waals surface area contributed by atoms with E-state index >= 15 is 0 Å². The van der Waals surface area contributed by atoms with Gasteiger partial charge < -0.3 is 9.72 Å². The van der Waals surface area contributed by atoms with E-state index in [-0.39, 0.29) is 11.0 Å². The van der Waals surface area contributed by atoms with E-state index in [1.807, 2.05) is 30.3 Å². The number of aryl methyl sites for hydroxylation is 1. The van der Waals surface area contributed by atoms with Crippen LogP contribution in [0.4, 0.5) is 0 Å². The molecule has 0 amide bonds. The van der Waals surface area contributed by atoms with Crippen molar-refractivity contribution in [2.75, 3.05) is 7.11 Å². The van der Waals surface area contributed by atoms with Crippen LogP contribution < -0.4 is 5.43 Å². The van der Waals surface area contributed by atoms with Gasteiger partial charge in [0.1, 0.15) is 5.56 Å². The van der Waals surface area contributed by atoms with Gasteiger partial charge in [0.15, 0.2) is 0 Å². The Hall–Kier alpha value is -2.88. The quantitative estimate of drug-likeness (QED) is 0.677. The first-order valence-corrected chi connectivity index (χ1v) is 8.93. The highest BCUT2D eigenvalue weighted by Crippen LogP contribution is 2.22. The van der Waals surface area contributed by atoms with Gasteiger partial charge in [-0.1, -0.05) is 43.7 Å². The number of benzene rings is 2. The smallest absolute Gasteiger partial charge is 0.343 e. The van der Waals surface area contributed by atoms with Gasteiger partial charge in [0.05, 0.1) is 7.11 Å². The van der Waals surface area contributed by atoms with Gasteiger partial charge in [0.25, 0.3) is 0 Å². The maximum atomic E-state index is 12.7. The van der Waals surface area contributed by atoms with E-state index in [9.17, 15) is 9.59 Å². The summed E-state index contributed by atoms with van der Waals surface area (Å²) in [6, 6.07) is 14.3. The molecule has 0 aliphatic carbocycles. The van der Waals surface area contributed by atoms with Crippen LogP contribution >= 0.6 is 0 Å². The topological polar surface area (TPSA) is 59.2 Å². The minimum atomic E-state index is -0.614. The number of carbonyl (C=O) groups is 1. The lowest BCUT2D eigenvalue weighted by molar-refractivity contribution is 0.0599. The number of methoxy groups -OCH3 is 1. The number of aromatic nitrogens is 1. The number of ether oxygens (including phenoxy) is 1. The van der Waals surface area contributed by atoms with Gasteiger partial charge in [0.2, 0.25) is 5.43 Å². The Morgan fingerprint density at radius 1 is 1.12 bits per heavy atom. The lowest BCUT2D eigenvalue weighted by Crippen LogP contribution is -2.17. The van der Waals surface area contributed by atoms with Crippen LogP contribution in [-0.2, 0) is 17.6 Å². The Bertz CT molecular complexity index is 974. The second kappa shape index (κ2) is 8.00. The Labute approximate surface area is 152 Å². The number of hydrogen-bond acceptors (Lipinski definition) is 3. The van der Waals surface area contributed by atoms with Crippen molar-refractivity contribution in [1.29, 1.82) is 0 Å². The first kappa shape index (κ1) is 17.9. The molecule has 0 aliphatic heterocycles. The van der Waals surface area contributed by atoms with Crippen LogP contribution in [0.3, 0.4) is 0 Å². The number of nitrogens with one attached hydrogen (secondary N) is 1. The zero-order valence-corrected chi connectivity index (χ0v) is 15.2. The summed E-state index contributed by atoms with van der Waals surface area (Å²) in [5.74, 6) is -0.614. The predicted molar refractivity (Wildman–Crippen MR) is 104 cm³/mol. The number of H-pyrrole nitrogens is 1. The third-order valence-electron chi connectivity index (χ3n) is 4.64. The maximum absolute atomic E-state index is 12.7. The molecule has 0 bridgehead atoms. The summed E-state index contributed by atoms with van der Waals surface area (Å²) in [5, 5.41) is 0.538. The molecule has 1 N–H and O–H groups in total. The standard InChI is InChI=1S/C22H23NO3/c1-3-4-10-16-12-18-20(23-14-19(21(18)24)22(25)26-2)13-17(16)11-15-8-6-5-7-9-15/h5-9,12-14H,3-4,10-11H2,1-2H3,(H,23,24). The van der Waals surface area contributed by atoms with Gasteiger partial charge in [-0.2, -0.15) is 0 Å². The molecular weight excluding hydrogens is 326 g/mol. The molecule has 0 saturated carbocycles. The number of pyridine rings is 1. The first-order chi connectivity index (χ1) is 12.6. The van der Waals surface area contributed by atoms with Crippen molar-refractivity contribution in [2.45, 2.75) is 32.6 Å². The monoisotopic (exact) mass is 349 g/mol. The van der Waals surface area contributed by atoms with Crippen LogP contribution in [0.15, 0.2) is 53.5 Å². The van der Waals surface area contributed by atoms with Crippen molar-refractivity contribution >= 4 is 16.9 Å². The molecule has 3 rings (SSSR count). The molecule has 0 atom stereocenters. The van der Waals surface area contributed by atoms with Crippen molar-refractivity contribution in [3.05, 3.63) is 81.1 Å². The van der Waals surface area contributed by atoms with Crippen LogP contribution in [0.2, 0.25) is 0 Å². The van der Waals surface area contributed by atoms with Crippen LogP contribution in [-0.4, -0.2) is 18.1 Å². The Morgan fingerprint density at radius 3 is 2.58 bits per heavy atom. The van der Waals surface area contributed by atoms with Crippen molar-refractivity contribution < 1.29 is 9.53 Å². The average Bonchev–Trinajstić information content (AvgIpc) is 2.67. The largest absolute Gasteiger partial charge is 0.465 e. The van der Waals surface area contributed by atoms with Crippen LogP contribution in [0.1, 0.15) is 46.8 Å². The molecule has 0 radical (unpaired) electrons. The van der Waals surface area contributed by atoms with Crippen LogP contribution in [0.5, 0.6) is 0 Å². The maximum Gasteiger partial charge on any atom is 0.343 e. The van der Waals surface area contributed by atoms with Crippen molar-refractivity contribution in [1.82, 2.24) is 4.98 Å². The zero-order chi connectivity index (χ0) is 18.5. The molecule has 0 aliphatic rings. The highest BCUT2D eigenvalue weighted by atomic mass is 16.5. The summed E-state index contributed by atoms with van der Waals surface area (Å²) < 4.78 is 4.70. The van der Waals surface area contributed by atoms with Gasteiger partial charge in [-0.15, -0.1) is 0 Å².